The molecule has 5 nitrogen and oxygen atoms in total. The standard InChI is InChI=1S/C8H16N2O3/c1-3-8(13)10-5-7(12)6(11)4-9-2/h3,6-7,9,11-12H,1,4-5H2,2H3,(H,10,13). The quantitative estimate of drug-likeness (QED) is 0.372. The molecule has 13 heavy (non-hydrogen) atoms. The minimum absolute atomic E-state index is 0.0215. The molecule has 0 saturated carbocycles. The highest BCUT2D eigenvalue weighted by Gasteiger charge is 2.15. The number of rotatable bonds is 6. The molecule has 5 heteroatoms. The Hall–Kier alpha value is -0.910. The predicted octanol–water partition coefficient (Wildman–Crippen LogP) is -1.77. The number of amides is 1. The summed E-state index contributed by atoms with van der Waals surface area (Å²) in [6.45, 7) is 3.56. The van der Waals surface area contributed by atoms with Crippen LogP contribution in [0.1, 0.15) is 0 Å². The first kappa shape index (κ1) is 12.1. The molecule has 0 saturated heterocycles. The molecule has 0 aromatic rings. The Morgan fingerprint density at radius 3 is 2.46 bits per heavy atom. The molecule has 4 N–H and O–H groups in total. The molecule has 0 aromatic carbocycles. The van der Waals surface area contributed by atoms with Gasteiger partial charge in [-0.15, -0.1) is 0 Å². The summed E-state index contributed by atoms with van der Waals surface area (Å²) >= 11 is 0. The van der Waals surface area contributed by atoms with E-state index >= 15 is 0 Å². The number of carbonyl (C=O) groups is 1. The van der Waals surface area contributed by atoms with Gasteiger partial charge in [-0.3, -0.25) is 4.79 Å². The van der Waals surface area contributed by atoms with Gasteiger partial charge in [0.05, 0.1) is 12.2 Å². The highest BCUT2D eigenvalue weighted by atomic mass is 16.3. The molecular formula is C8H16N2O3. The van der Waals surface area contributed by atoms with Crippen LogP contribution in [0.3, 0.4) is 0 Å². The van der Waals surface area contributed by atoms with Gasteiger partial charge in [-0.05, 0) is 13.1 Å². The van der Waals surface area contributed by atoms with Crippen LogP contribution in [0.15, 0.2) is 12.7 Å². The molecule has 2 atom stereocenters. The molecule has 0 bridgehead atoms. The average Bonchev–Trinajstić information content (AvgIpc) is 2.13. The fraction of sp³-hybridized carbons (Fsp3) is 0.625. The van der Waals surface area contributed by atoms with Gasteiger partial charge in [-0.1, -0.05) is 6.58 Å². The molecule has 0 aliphatic rings. The third kappa shape index (κ3) is 5.35. The number of aliphatic hydroxyl groups excluding tert-OH is 2. The maximum Gasteiger partial charge on any atom is 0.243 e. The Morgan fingerprint density at radius 2 is 2.00 bits per heavy atom. The van der Waals surface area contributed by atoms with Gasteiger partial charge in [-0.2, -0.15) is 0 Å². The van der Waals surface area contributed by atoms with Crippen molar-refractivity contribution in [1.29, 1.82) is 0 Å². The minimum atomic E-state index is -0.962. The zero-order chi connectivity index (χ0) is 10.3. The summed E-state index contributed by atoms with van der Waals surface area (Å²) in [5, 5.41) is 23.6. The maximum atomic E-state index is 10.7. The zero-order valence-electron chi connectivity index (χ0n) is 7.66. The first-order chi connectivity index (χ1) is 6.11. The molecular weight excluding hydrogens is 172 g/mol. The van der Waals surface area contributed by atoms with Gasteiger partial charge in [0.1, 0.15) is 0 Å². The lowest BCUT2D eigenvalue weighted by atomic mass is 10.2. The van der Waals surface area contributed by atoms with E-state index in [1.807, 2.05) is 0 Å². The number of nitrogens with one attached hydrogen (secondary N) is 2. The Labute approximate surface area is 77.5 Å². The number of hydrogen-bond acceptors (Lipinski definition) is 4. The molecule has 0 aromatic heterocycles. The second-order valence-electron chi connectivity index (χ2n) is 2.64. The summed E-state index contributed by atoms with van der Waals surface area (Å²) in [6.07, 6.45) is -0.733. The molecule has 0 fully saturated rings. The first-order valence-electron chi connectivity index (χ1n) is 4.02. The lowest BCUT2D eigenvalue weighted by molar-refractivity contribution is -0.117. The lowest BCUT2D eigenvalue weighted by Gasteiger charge is -2.17. The Bertz CT molecular complexity index is 173. The summed E-state index contributed by atoms with van der Waals surface area (Å²) in [6, 6.07) is 0. The molecule has 76 valence electrons. The van der Waals surface area contributed by atoms with Gasteiger partial charge in [-0.25, -0.2) is 0 Å². The van der Waals surface area contributed by atoms with Crippen LogP contribution in [0.25, 0.3) is 0 Å². The molecule has 0 aliphatic heterocycles. The lowest BCUT2D eigenvalue weighted by Crippen LogP contribution is -2.42. The van der Waals surface area contributed by atoms with E-state index in [4.69, 9.17) is 0 Å². The van der Waals surface area contributed by atoms with Crippen LogP contribution in [0.4, 0.5) is 0 Å². The molecule has 1 amide bonds. The highest BCUT2D eigenvalue weighted by molar-refractivity contribution is 5.86. The van der Waals surface area contributed by atoms with E-state index in [1.165, 1.54) is 0 Å². The molecule has 0 aliphatic carbocycles. The summed E-state index contributed by atoms with van der Waals surface area (Å²) in [4.78, 5) is 10.7. The average molecular weight is 188 g/mol. The zero-order valence-corrected chi connectivity index (χ0v) is 7.66. The van der Waals surface area contributed by atoms with E-state index in [-0.39, 0.29) is 19.0 Å². The van der Waals surface area contributed by atoms with Crippen molar-refractivity contribution in [3.63, 3.8) is 0 Å². The maximum absolute atomic E-state index is 10.7. The van der Waals surface area contributed by atoms with Gasteiger partial charge in [0.15, 0.2) is 0 Å². The second-order valence-corrected chi connectivity index (χ2v) is 2.64. The normalized spacial score (nSPS) is 14.7. The SMILES string of the molecule is C=CC(=O)NCC(O)C(O)CNC. The van der Waals surface area contributed by atoms with E-state index in [2.05, 4.69) is 17.2 Å². The van der Waals surface area contributed by atoms with Gasteiger partial charge < -0.3 is 20.8 Å². The monoisotopic (exact) mass is 188 g/mol. The third-order valence-corrected chi connectivity index (χ3v) is 1.53. The third-order valence-electron chi connectivity index (χ3n) is 1.53. The van der Waals surface area contributed by atoms with Crippen LogP contribution in [0.5, 0.6) is 0 Å². The van der Waals surface area contributed by atoms with Crippen molar-refractivity contribution in [1.82, 2.24) is 10.6 Å². The van der Waals surface area contributed by atoms with E-state index in [9.17, 15) is 15.0 Å². The number of likely N-dealkylation sites (N-methyl/N-ethyl adjacent to an activating group) is 1. The van der Waals surface area contributed by atoms with E-state index in [0.29, 0.717) is 0 Å². The van der Waals surface area contributed by atoms with Crippen molar-refractivity contribution in [3.8, 4) is 0 Å². The topological polar surface area (TPSA) is 81.6 Å². The Kier molecular flexibility index (Phi) is 6.13. The van der Waals surface area contributed by atoms with Gasteiger partial charge >= 0.3 is 0 Å². The summed E-state index contributed by atoms with van der Waals surface area (Å²) < 4.78 is 0. The van der Waals surface area contributed by atoms with Crippen molar-refractivity contribution >= 4 is 5.91 Å². The second kappa shape index (κ2) is 6.59. The summed E-state index contributed by atoms with van der Waals surface area (Å²) in [7, 11) is 1.66. The number of aliphatic hydroxyl groups is 2. The number of hydrogen-bond donors (Lipinski definition) is 4. The van der Waals surface area contributed by atoms with Crippen LogP contribution in [-0.4, -0.2) is 48.5 Å². The largest absolute Gasteiger partial charge is 0.389 e. The molecule has 0 spiro atoms. The van der Waals surface area contributed by atoms with E-state index < -0.39 is 12.2 Å². The van der Waals surface area contributed by atoms with Crippen molar-refractivity contribution < 1.29 is 15.0 Å². The summed E-state index contributed by atoms with van der Waals surface area (Å²) in [5.74, 6) is -0.365. The first-order valence-corrected chi connectivity index (χ1v) is 4.02. The Morgan fingerprint density at radius 1 is 1.46 bits per heavy atom. The van der Waals surface area contributed by atoms with Crippen LogP contribution >= 0.6 is 0 Å². The van der Waals surface area contributed by atoms with Gasteiger partial charge in [0.2, 0.25) is 5.91 Å². The Balaban J connectivity index is 3.66. The molecule has 0 radical (unpaired) electrons. The van der Waals surface area contributed by atoms with Crippen molar-refractivity contribution in [2.45, 2.75) is 12.2 Å². The number of carbonyl (C=O) groups excluding carboxylic acids is 1. The minimum Gasteiger partial charge on any atom is -0.389 e. The fourth-order valence-corrected chi connectivity index (χ4v) is 0.759. The van der Waals surface area contributed by atoms with Crippen LogP contribution in [0, 0.1) is 0 Å². The van der Waals surface area contributed by atoms with Crippen LogP contribution in [0.2, 0.25) is 0 Å². The van der Waals surface area contributed by atoms with Crippen molar-refractivity contribution in [2.75, 3.05) is 20.1 Å². The van der Waals surface area contributed by atoms with Crippen molar-refractivity contribution in [3.05, 3.63) is 12.7 Å². The van der Waals surface area contributed by atoms with Gasteiger partial charge in [0, 0.05) is 13.1 Å². The fourth-order valence-electron chi connectivity index (χ4n) is 0.759. The summed E-state index contributed by atoms with van der Waals surface area (Å²) in [5.41, 5.74) is 0. The van der Waals surface area contributed by atoms with E-state index in [1.54, 1.807) is 7.05 Å². The van der Waals surface area contributed by atoms with Gasteiger partial charge in [0.25, 0.3) is 0 Å². The van der Waals surface area contributed by atoms with Crippen molar-refractivity contribution in [2.24, 2.45) is 0 Å². The van der Waals surface area contributed by atoms with Crippen LogP contribution < -0.4 is 10.6 Å². The molecule has 2 unspecified atom stereocenters. The van der Waals surface area contributed by atoms with Crippen LogP contribution in [-0.2, 0) is 4.79 Å². The smallest absolute Gasteiger partial charge is 0.243 e. The predicted molar refractivity (Wildman–Crippen MR) is 49.1 cm³/mol. The van der Waals surface area contributed by atoms with E-state index in [0.717, 1.165) is 6.08 Å². The highest BCUT2D eigenvalue weighted by Crippen LogP contribution is 1.89. The molecule has 0 heterocycles. The molecule has 0 rings (SSSR count).